The van der Waals surface area contributed by atoms with Gasteiger partial charge in [-0.1, -0.05) is 68.0 Å². The van der Waals surface area contributed by atoms with Gasteiger partial charge in [-0.2, -0.15) is 0 Å². The lowest BCUT2D eigenvalue weighted by Crippen LogP contribution is -2.34. The van der Waals surface area contributed by atoms with Gasteiger partial charge in [0.25, 0.3) is 0 Å². The predicted molar refractivity (Wildman–Crippen MR) is 89.1 cm³/mol. The summed E-state index contributed by atoms with van der Waals surface area (Å²) >= 11 is 0. The molecule has 0 bridgehead atoms. The van der Waals surface area contributed by atoms with Crippen molar-refractivity contribution in [1.82, 2.24) is 0 Å². The summed E-state index contributed by atoms with van der Waals surface area (Å²) in [5.74, 6) is 0. The standard InChI is InChI=1S/C18H24Si/c1-11-7-13(3)17(14(4)8-11)19-18-15(5)9-12(2)10-16(18)6/h7-10H,19H2,1-6H3. The minimum atomic E-state index is -0.382. The van der Waals surface area contributed by atoms with Gasteiger partial charge in [-0.25, -0.2) is 0 Å². The molecule has 0 saturated heterocycles. The Bertz CT molecular complexity index is 522. The molecule has 0 fully saturated rings. The molecule has 100 valence electrons. The van der Waals surface area contributed by atoms with Crippen molar-refractivity contribution in [2.24, 2.45) is 0 Å². The first-order chi connectivity index (χ1) is 8.88. The highest BCUT2D eigenvalue weighted by Crippen LogP contribution is 2.08. The highest BCUT2D eigenvalue weighted by Gasteiger charge is 2.10. The molecule has 0 amide bonds. The third kappa shape index (κ3) is 2.98. The summed E-state index contributed by atoms with van der Waals surface area (Å²) in [6, 6.07) is 9.31. The Morgan fingerprint density at radius 1 is 0.526 bits per heavy atom. The van der Waals surface area contributed by atoms with Crippen LogP contribution in [0.4, 0.5) is 0 Å². The summed E-state index contributed by atoms with van der Waals surface area (Å²) in [5, 5.41) is 3.25. The van der Waals surface area contributed by atoms with Gasteiger partial charge in [0, 0.05) is 0 Å². The van der Waals surface area contributed by atoms with E-state index >= 15 is 0 Å². The zero-order chi connectivity index (χ0) is 14.2. The molecule has 2 aromatic rings. The van der Waals surface area contributed by atoms with Gasteiger partial charge < -0.3 is 0 Å². The molecule has 2 rings (SSSR count). The van der Waals surface area contributed by atoms with Gasteiger partial charge in [-0.3, -0.25) is 0 Å². The Morgan fingerprint density at radius 2 is 0.789 bits per heavy atom. The van der Waals surface area contributed by atoms with Crippen LogP contribution in [-0.2, 0) is 0 Å². The summed E-state index contributed by atoms with van der Waals surface area (Å²) in [4.78, 5) is 0. The number of rotatable bonds is 2. The van der Waals surface area contributed by atoms with Gasteiger partial charge in [-0.15, -0.1) is 0 Å². The zero-order valence-electron chi connectivity index (χ0n) is 13.0. The summed E-state index contributed by atoms with van der Waals surface area (Å²) in [6.07, 6.45) is 0. The SMILES string of the molecule is Cc1cc(C)c([SiH2]c2c(C)cc(C)cc2C)c(C)c1. The Hall–Kier alpha value is -1.34. The van der Waals surface area contributed by atoms with Gasteiger partial charge in [-0.05, 0) is 41.5 Å². The minimum Gasteiger partial charge on any atom is -0.0565 e. The average molecular weight is 268 g/mol. The predicted octanol–water partition coefficient (Wildman–Crippen LogP) is 2.66. The molecule has 0 spiro atoms. The van der Waals surface area contributed by atoms with E-state index in [0.717, 1.165) is 0 Å². The minimum absolute atomic E-state index is 0.382. The third-order valence-corrected chi connectivity index (χ3v) is 6.97. The second kappa shape index (κ2) is 5.34. The first-order valence-electron chi connectivity index (χ1n) is 7.02. The van der Waals surface area contributed by atoms with Crippen LogP contribution < -0.4 is 10.4 Å². The van der Waals surface area contributed by atoms with Crippen molar-refractivity contribution in [3.8, 4) is 0 Å². The molecule has 0 N–H and O–H groups in total. The number of hydrogen-bond acceptors (Lipinski definition) is 0. The van der Waals surface area contributed by atoms with Gasteiger partial charge in [0.15, 0.2) is 0 Å². The molecule has 0 heterocycles. The molecule has 0 aromatic heterocycles. The lowest BCUT2D eigenvalue weighted by Gasteiger charge is -2.15. The van der Waals surface area contributed by atoms with Crippen LogP contribution in [0.2, 0.25) is 0 Å². The number of hydrogen-bond donors (Lipinski definition) is 0. The quantitative estimate of drug-likeness (QED) is 0.735. The molecule has 19 heavy (non-hydrogen) atoms. The van der Waals surface area contributed by atoms with Crippen LogP contribution in [0.3, 0.4) is 0 Å². The molecule has 0 radical (unpaired) electrons. The van der Waals surface area contributed by atoms with E-state index in [4.69, 9.17) is 0 Å². The summed E-state index contributed by atoms with van der Waals surface area (Å²) < 4.78 is 0. The van der Waals surface area contributed by atoms with Crippen LogP contribution in [0, 0.1) is 41.5 Å². The van der Waals surface area contributed by atoms with E-state index in [1.807, 2.05) is 0 Å². The van der Waals surface area contributed by atoms with Crippen molar-refractivity contribution in [2.45, 2.75) is 41.5 Å². The highest BCUT2D eigenvalue weighted by atomic mass is 28.2. The maximum atomic E-state index is 2.33. The third-order valence-electron chi connectivity index (χ3n) is 4.03. The van der Waals surface area contributed by atoms with E-state index in [-0.39, 0.29) is 9.52 Å². The molecule has 2 aromatic carbocycles. The lowest BCUT2D eigenvalue weighted by atomic mass is 10.1. The van der Waals surface area contributed by atoms with Crippen LogP contribution in [0.5, 0.6) is 0 Å². The van der Waals surface area contributed by atoms with Crippen molar-refractivity contribution < 1.29 is 0 Å². The monoisotopic (exact) mass is 268 g/mol. The van der Waals surface area contributed by atoms with E-state index in [1.165, 1.54) is 33.4 Å². The first kappa shape index (κ1) is 14.1. The van der Waals surface area contributed by atoms with E-state index in [1.54, 1.807) is 10.4 Å². The molecular formula is C18H24Si. The van der Waals surface area contributed by atoms with E-state index in [0.29, 0.717) is 0 Å². The van der Waals surface area contributed by atoms with Crippen LogP contribution >= 0.6 is 0 Å². The summed E-state index contributed by atoms with van der Waals surface area (Å²) in [7, 11) is -0.382. The van der Waals surface area contributed by atoms with Gasteiger partial charge in [0.05, 0.1) is 9.52 Å². The molecule has 0 aliphatic rings. The van der Waals surface area contributed by atoms with Gasteiger partial charge >= 0.3 is 0 Å². The Kier molecular flexibility index (Phi) is 3.95. The molecule has 1 heteroatoms. The van der Waals surface area contributed by atoms with Crippen LogP contribution in [0.25, 0.3) is 0 Å². The smallest absolute Gasteiger partial charge is 0.0565 e. The van der Waals surface area contributed by atoms with Crippen LogP contribution in [-0.4, -0.2) is 9.52 Å². The van der Waals surface area contributed by atoms with Gasteiger partial charge in [0.2, 0.25) is 0 Å². The Labute approximate surface area is 119 Å². The lowest BCUT2D eigenvalue weighted by molar-refractivity contribution is 1.34. The van der Waals surface area contributed by atoms with Crippen molar-refractivity contribution in [2.75, 3.05) is 0 Å². The normalized spacial score (nSPS) is 10.8. The Balaban J connectivity index is 2.48. The number of aryl methyl sites for hydroxylation is 6. The summed E-state index contributed by atoms with van der Waals surface area (Å²) in [5.41, 5.74) is 8.66. The zero-order valence-corrected chi connectivity index (χ0v) is 14.4. The largest absolute Gasteiger partial charge is 0.0888 e. The molecule has 0 atom stereocenters. The second-order valence-electron chi connectivity index (χ2n) is 5.93. The molecule has 0 aliphatic heterocycles. The van der Waals surface area contributed by atoms with Gasteiger partial charge in [0.1, 0.15) is 0 Å². The molecule has 0 nitrogen and oxygen atoms in total. The van der Waals surface area contributed by atoms with Crippen molar-refractivity contribution in [1.29, 1.82) is 0 Å². The maximum absolute atomic E-state index is 2.33. The van der Waals surface area contributed by atoms with Crippen molar-refractivity contribution in [3.63, 3.8) is 0 Å². The van der Waals surface area contributed by atoms with Crippen molar-refractivity contribution in [3.05, 3.63) is 57.6 Å². The fraction of sp³-hybridized carbons (Fsp3) is 0.333. The second-order valence-corrected chi connectivity index (χ2v) is 7.70. The summed E-state index contributed by atoms with van der Waals surface area (Å²) in [6.45, 7) is 13.4. The maximum Gasteiger partial charge on any atom is 0.0888 e. The average Bonchev–Trinajstić information content (AvgIpc) is 2.25. The molecule has 0 unspecified atom stereocenters. The first-order valence-corrected chi connectivity index (χ1v) is 8.43. The molecule has 0 aliphatic carbocycles. The molecular weight excluding hydrogens is 244 g/mol. The number of benzene rings is 2. The van der Waals surface area contributed by atoms with Crippen LogP contribution in [0.15, 0.2) is 24.3 Å². The Morgan fingerprint density at radius 3 is 1.05 bits per heavy atom. The fourth-order valence-electron chi connectivity index (χ4n) is 3.15. The van der Waals surface area contributed by atoms with E-state index < -0.39 is 0 Å². The molecule has 0 saturated carbocycles. The van der Waals surface area contributed by atoms with E-state index in [2.05, 4.69) is 65.8 Å². The highest BCUT2D eigenvalue weighted by molar-refractivity contribution is 6.69. The van der Waals surface area contributed by atoms with E-state index in [9.17, 15) is 0 Å². The topological polar surface area (TPSA) is 0 Å². The van der Waals surface area contributed by atoms with Crippen molar-refractivity contribution >= 4 is 19.9 Å². The van der Waals surface area contributed by atoms with Crippen LogP contribution in [0.1, 0.15) is 33.4 Å². The fourth-order valence-corrected chi connectivity index (χ4v) is 5.03.